The first kappa shape index (κ1) is 12.8. The van der Waals surface area contributed by atoms with Crippen molar-refractivity contribution in [1.82, 2.24) is 0 Å². The molecule has 2 N–H and O–H groups in total. The third-order valence-corrected chi connectivity index (χ3v) is 2.44. The quantitative estimate of drug-likeness (QED) is 0.805. The van der Waals surface area contributed by atoms with Crippen molar-refractivity contribution in [2.75, 3.05) is 13.7 Å². The summed E-state index contributed by atoms with van der Waals surface area (Å²) < 4.78 is 10.9. The molecule has 3 heteroatoms. The minimum absolute atomic E-state index is 0.209. The molecular weight excluding hydrogens is 202 g/mol. The average molecular weight is 223 g/mol. The molecule has 16 heavy (non-hydrogen) atoms. The summed E-state index contributed by atoms with van der Waals surface area (Å²) >= 11 is 0. The summed E-state index contributed by atoms with van der Waals surface area (Å²) in [4.78, 5) is 0. The molecule has 3 nitrogen and oxygen atoms in total. The highest BCUT2D eigenvalue weighted by Crippen LogP contribution is 2.31. The van der Waals surface area contributed by atoms with Crippen LogP contribution in [0.1, 0.15) is 25.8 Å². The smallest absolute Gasteiger partial charge is 0.164 e. The zero-order valence-electron chi connectivity index (χ0n) is 10.3. The monoisotopic (exact) mass is 223 g/mol. The number of nitrogens with two attached hydrogens (primary N) is 1. The van der Waals surface area contributed by atoms with Crippen LogP contribution < -0.4 is 15.2 Å². The second kappa shape index (κ2) is 6.38. The van der Waals surface area contributed by atoms with Gasteiger partial charge in [-0.3, -0.25) is 0 Å². The molecule has 1 rings (SSSR count). The first-order valence-corrected chi connectivity index (χ1v) is 5.73. The SMILES string of the molecule is CCOc1c(CCC(C)N)cccc1OC. The van der Waals surface area contributed by atoms with E-state index >= 15 is 0 Å². The molecule has 0 bridgehead atoms. The standard InChI is InChI=1S/C13H21NO2/c1-4-16-13-11(9-8-10(2)14)6-5-7-12(13)15-3/h5-7,10H,4,8-9,14H2,1-3H3. The predicted octanol–water partition coefficient (Wildman–Crippen LogP) is 2.37. The first-order valence-electron chi connectivity index (χ1n) is 5.73. The molecule has 1 aromatic rings. The lowest BCUT2D eigenvalue weighted by atomic mass is 10.1. The number of hydrogen-bond donors (Lipinski definition) is 1. The van der Waals surface area contributed by atoms with E-state index in [4.69, 9.17) is 15.2 Å². The molecule has 0 saturated carbocycles. The van der Waals surface area contributed by atoms with Crippen LogP contribution in [0.3, 0.4) is 0 Å². The van der Waals surface area contributed by atoms with Crippen LogP contribution in [0.4, 0.5) is 0 Å². The van der Waals surface area contributed by atoms with E-state index in [-0.39, 0.29) is 6.04 Å². The summed E-state index contributed by atoms with van der Waals surface area (Å²) in [6.45, 7) is 4.63. The van der Waals surface area contributed by atoms with Crippen molar-refractivity contribution in [2.45, 2.75) is 32.7 Å². The van der Waals surface area contributed by atoms with Crippen LogP contribution >= 0.6 is 0 Å². The molecule has 1 atom stereocenters. The minimum atomic E-state index is 0.209. The Morgan fingerprint density at radius 2 is 2.12 bits per heavy atom. The Kier molecular flexibility index (Phi) is 5.12. The van der Waals surface area contributed by atoms with Gasteiger partial charge in [0, 0.05) is 6.04 Å². The molecule has 0 heterocycles. The molecule has 0 aliphatic rings. The highest BCUT2D eigenvalue weighted by atomic mass is 16.5. The normalized spacial score (nSPS) is 12.2. The Morgan fingerprint density at radius 1 is 1.38 bits per heavy atom. The topological polar surface area (TPSA) is 44.5 Å². The highest BCUT2D eigenvalue weighted by Gasteiger charge is 2.10. The lowest BCUT2D eigenvalue weighted by Crippen LogP contribution is -2.15. The fourth-order valence-electron chi connectivity index (χ4n) is 1.61. The van der Waals surface area contributed by atoms with Crippen LogP contribution in [-0.4, -0.2) is 19.8 Å². The number of ether oxygens (including phenoxy) is 2. The van der Waals surface area contributed by atoms with Gasteiger partial charge in [0.2, 0.25) is 0 Å². The molecule has 1 unspecified atom stereocenters. The predicted molar refractivity (Wildman–Crippen MR) is 66.1 cm³/mol. The van der Waals surface area contributed by atoms with Gasteiger partial charge in [0.15, 0.2) is 11.5 Å². The van der Waals surface area contributed by atoms with Crippen LogP contribution in [0.5, 0.6) is 11.5 Å². The lowest BCUT2D eigenvalue weighted by Gasteiger charge is -2.14. The summed E-state index contributed by atoms with van der Waals surface area (Å²) in [5.74, 6) is 1.65. The maximum atomic E-state index is 5.76. The Balaban J connectivity index is 2.88. The molecule has 0 radical (unpaired) electrons. The number of benzene rings is 1. The maximum absolute atomic E-state index is 5.76. The molecule has 0 saturated heterocycles. The van der Waals surface area contributed by atoms with E-state index < -0.39 is 0 Å². The second-order valence-corrected chi connectivity index (χ2v) is 3.90. The van der Waals surface area contributed by atoms with Crippen molar-refractivity contribution >= 4 is 0 Å². The highest BCUT2D eigenvalue weighted by molar-refractivity contribution is 5.46. The van der Waals surface area contributed by atoms with Crippen LogP contribution in [0, 0.1) is 0 Å². The van der Waals surface area contributed by atoms with Crippen molar-refractivity contribution < 1.29 is 9.47 Å². The molecule has 1 aromatic carbocycles. The van der Waals surface area contributed by atoms with E-state index in [0.717, 1.165) is 24.3 Å². The summed E-state index contributed by atoms with van der Waals surface area (Å²) in [5.41, 5.74) is 6.93. The summed E-state index contributed by atoms with van der Waals surface area (Å²) in [6, 6.07) is 6.18. The summed E-state index contributed by atoms with van der Waals surface area (Å²) in [5, 5.41) is 0. The zero-order valence-corrected chi connectivity index (χ0v) is 10.3. The Bertz CT molecular complexity index is 324. The third-order valence-electron chi connectivity index (χ3n) is 2.44. The zero-order chi connectivity index (χ0) is 12.0. The largest absolute Gasteiger partial charge is 0.493 e. The Labute approximate surface area is 97.6 Å². The van der Waals surface area contributed by atoms with Gasteiger partial charge in [0.05, 0.1) is 13.7 Å². The van der Waals surface area contributed by atoms with Gasteiger partial charge in [-0.2, -0.15) is 0 Å². The van der Waals surface area contributed by atoms with Gasteiger partial charge in [0.25, 0.3) is 0 Å². The number of hydrogen-bond acceptors (Lipinski definition) is 3. The van der Waals surface area contributed by atoms with Gasteiger partial charge < -0.3 is 15.2 Å². The fraction of sp³-hybridized carbons (Fsp3) is 0.538. The molecule has 0 aliphatic carbocycles. The molecule has 0 spiro atoms. The van der Waals surface area contributed by atoms with Gasteiger partial charge in [-0.15, -0.1) is 0 Å². The van der Waals surface area contributed by atoms with E-state index in [2.05, 4.69) is 6.07 Å². The van der Waals surface area contributed by atoms with Gasteiger partial charge in [0.1, 0.15) is 0 Å². The summed E-state index contributed by atoms with van der Waals surface area (Å²) in [6.07, 6.45) is 1.87. The van der Waals surface area contributed by atoms with Crippen molar-refractivity contribution in [2.24, 2.45) is 5.73 Å². The summed E-state index contributed by atoms with van der Waals surface area (Å²) in [7, 11) is 1.66. The van der Waals surface area contributed by atoms with Crippen molar-refractivity contribution in [1.29, 1.82) is 0 Å². The van der Waals surface area contributed by atoms with E-state index in [9.17, 15) is 0 Å². The Morgan fingerprint density at radius 3 is 2.69 bits per heavy atom. The van der Waals surface area contributed by atoms with Crippen LogP contribution in [0.25, 0.3) is 0 Å². The van der Waals surface area contributed by atoms with Gasteiger partial charge in [-0.1, -0.05) is 12.1 Å². The minimum Gasteiger partial charge on any atom is -0.493 e. The molecule has 0 aromatic heterocycles. The molecule has 0 amide bonds. The maximum Gasteiger partial charge on any atom is 0.164 e. The molecule has 90 valence electrons. The number of para-hydroxylation sites is 1. The van der Waals surface area contributed by atoms with Crippen molar-refractivity contribution in [3.05, 3.63) is 23.8 Å². The average Bonchev–Trinajstić information content (AvgIpc) is 2.27. The number of methoxy groups -OCH3 is 1. The fourth-order valence-corrected chi connectivity index (χ4v) is 1.61. The van der Waals surface area contributed by atoms with E-state index in [1.54, 1.807) is 7.11 Å². The first-order chi connectivity index (χ1) is 7.69. The molecule has 0 aliphatic heterocycles. The molecular formula is C13H21NO2. The van der Waals surface area contributed by atoms with Crippen LogP contribution in [0.2, 0.25) is 0 Å². The third kappa shape index (κ3) is 3.42. The van der Waals surface area contributed by atoms with E-state index in [1.165, 1.54) is 5.56 Å². The number of rotatable bonds is 6. The second-order valence-electron chi connectivity index (χ2n) is 3.90. The Hall–Kier alpha value is -1.22. The lowest BCUT2D eigenvalue weighted by molar-refractivity contribution is 0.307. The van der Waals surface area contributed by atoms with Gasteiger partial charge >= 0.3 is 0 Å². The molecule has 0 fully saturated rings. The van der Waals surface area contributed by atoms with Crippen LogP contribution in [0.15, 0.2) is 18.2 Å². The van der Waals surface area contributed by atoms with Crippen LogP contribution in [-0.2, 0) is 6.42 Å². The van der Waals surface area contributed by atoms with Gasteiger partial charge in [-0.25, -0.2) is 0 Å². The van der Waals surface area contributed by atoms with E-state index in [0.29, 0.717) is 6.61 Å². The number of aryl methyl sites for hydroxylation is 1. The van der Waals surface area contributed by atoms with E-state index in [1.807, 2.05) is 26.0 Å². The van der Waals surface area contributed by atoms with Gasteiger partial charge in [-0.05, 0) is 38.3 Å². The van der Waals surface area contributed by atoms with Crippen molar-refractivity contribution in [3.8, 4) is 11.5 Å². The van der Waals surface area contributed by atoms with Crippen molar-refractivity contribution in [3.63, 3.8) is 0 Å².